The van der Waals surface area contributed by atoms with Crippen molar-refractivity contribution in [2.24, 2.45) is 10.8 Å². The van der Waals surface area contributed by atoms with Gasteiger partial charge in [0.05, 0.1) is 10.8 Å². The van der Waals surface area contributed by atoms with Gasteiger partial charge in [-0.25, -0.2) is 0 Å². The summed E-state index contributed by atoms with van der Waals surface area (Å²) in [5.41, 5.74) is -1.59. The number of hydrogen-bond acceptors (Lipinski definition) is 8. The minimum Gasteiger partial charge on any atom is -0.462 e. The minimum absolute atomic E-state index is 0.343. The van der Waals surface area contributed by atoms with E-state index in [1.54, 1.807) is 41.5 Å². The van der Waals surface area contributed by atoms with Gasteiger partial charge in [0.15, 0.2) is 12.4 Å². The van der Waals surface area contributed by atoms with Gasteiger partial charge >= 0.3 is 11.9 Å². The summed E-state index contributed by atoms with van der Waals surface area (Å²) in [6.07, 6.45) is -7.26. The number of ether oxygens (including phenoxy) is 3. The van der Waals surface area contributed by atoms with Crippen molar-refractivity contribution in [2.45, 2.75) is 72.2 Å². The molecule has 1 rings (SSSR count). The average Bonchev–Trinajstić information content (AvgIpc) is 2.43. The summed E-state index contributed by atoms with van der Waals surface area (Å²) in [5, 5.41) is 30.0. The van der Waals surface area contributed by atoms with Crippen molar-refractivity contribution in [3.8, 4) is 0 Å². The summed E-state index contributed by atoms with van der Waals surface area (Å²) in [4.78, 5) is 23.8. The maximum atomic E-state index is 12.0. The molecular weight excluding hydrogens is 320 g/mol. The maximum absolute atomic E-state index is 12.0. The van der Waals surface area contributed by atoms with Crippen LogP contribution < -0.4 is 0 Å². The number of carbonyl (C=O) groups excluding carboxylic acids is 2. The van der Waals surface area contributed by atoms with E-state index in [2.05, 4.69) is 0 Å². The van der Waals surface area contributed by atoms with Crippen molar-refractivity contribution >= 4 is 11.9 Å². The van der Waals surface area contributed by atoms with Gasteiger partial charge in [0, 0.05) is 0 Å². The molecule has 0 aliphatic carbocycles. The molecule has 1 saturated heterocycles. The molecule has 140 valence electrons. The van der Waals surface area contributed by atoms with Crippen molar-refractivity contribution < 1.29 is 39.1 Å². The van der Waals surface area contributed by atoms with Crippen LogP contribution in [0, 0.1) is 10.8 Å². The smallest absolute Gasteiger partial charge is 0.311 e. The van der Waals surface area contributed by atoms with E-state index < -0.39 is 53.5 Å². The molecule has 1 aliphatic rings. The molecule has 1 heterocycles. The third-order valence-electron chi connectivity index (χ3n) is 3.51. The van der Waals surface area contributed by atoms with E-state index in [4.69, 9.17) is 14.2 Å². The van der Waals surface area contributed by atoms with Gasteiger partial charge in [-0.05, 0) is 41.5 Å². The normalized spacial score (nSPS) is 31.5. The second-order valence-corrected chi connectivity index (χ2v) is 8.01. The van der Waals surface area contributed by atoms with Gasteiger partial charge in [0.2, 0.25) is 0 Å². The Morgan fingerprint density at radius 3 is 1.88 bits per heavy atom. The summed E-state index contributed by atoms with van der Waals surface area (Å²) >= 11 is 0. The highest BCUT2D eigenvalue weighted by Gasteiger charge is 2.47. The number of carbonyl (C=O) groups is 2. The molecule has 24 heavy (non-hydrogen) atoms. The highest BCUT2D eigenvalue weighted by molar-refractivity contribution is 5.76. The van der Waals surface area contributed by atoms with Gasteiger partial charge < -0.3 is 29.5 Å². The SMILES string of the molecule is CC(C)(C)C(=O)OC[C@H]1O[C@@H](O)[C@@H](O)[C@@H](OC(=O)C(C)(C)C)[C@@H]1O. The molecule has 0 radical (unpaired) electrons. The van der Waals surface area contributed by atoms with Crippen LogP contribution in [0.1, 0.15) is 41.5 Å². The van der Waals surface area contributed by atoms with Crippen molar-refractivity contribution in [3.05, 3.63) is 0 Å². The van der Waals surface area contributed by atoms with Gasteiger partial charge in [-0.2, -0.15) is 0 Å². The Morgan fingerprint density at radius 2 is 1.42 bits per heavy atom. The lowest BCUT2D eigenvalue weighted by atomic mass is 9.95. The number of hydrogen-bond donors (Lipinski definition) is 3. The van der Waals surface area contributed by atoms with E-state index in [1.165, 1.54) is 0 Å². The molecule has 8 nitrogen and oxygen atoms in total. The molecule has 0 aromatic rings. The molecule has 0 unspecified atom stereocenters. The van der Waals surface area contributed by atoms with Crippen LogP contribution in [0.25, 0.3) is 0 Å². The zero-order chi connectivity index (χ0) is 18.9. The maximum Gasteiger partial charge on any atom is 0.311 e. The van der Waals surface area contributed by atoms with Gasteiger partial charge in [-0.3, -0.25) is 9.59 Å². The lowest BCUT2D eigenvalue weighted by molar-refractivity contribution is -0.292. The first-order valence-electron chi connectivity index (χ1n) is 7.83. The Hall–Kier alpha value is -1.22. The molecule has 0 aromatic carbocycles. The van der Waals surface area contributed by atoms with Crippen molar-refractivity contribution in [1.82, 2.24) is 0 Å². The molecule has 5 atom stereocenters. The van der Waals surface area contributed by atoms with E-state index in [9.17, 15) is 24.9 Å². The highest BCUT2D eigenvalue weighted by Crippen LogP contribution is 2.26. The Balaban J connectivity index is 2.79. The molecule has 1 aliphatic heterocycles. The first kappa shape index (κ1) is 20.8. The molecule has 0 aromatic heterocycles. The summed E-state index contributed by atoms with van der Waals surface area (Å²) in [5.74, 6) is -1.16. The summed E-state index contributed by atoms with van der Waals surface area (Å²) < 4.78 is 15.3. The summed E-state index contributed by atoms with van der Waals surface area (Å²) in [7, 11) is 0. The molecule has 0 saturated carbocycles. The van der Waals surface area contributed by atoms with E-state index in [1.807, 2.05) is 0 Å². The summed E-state index contributed by atoms with van der Waals surface area (Å²) in [6.45, 7) is 9.51. The summed E-state index contributed by atoms with van der Waals surface area (Å²) in [6, 6.07) is 0. The quantitative estimate of drug-likeness (QED) is 0.608. The number of rotatable bonds is 3. The molecular formula is C16H28O8. The zero-order valence-corrected chi connectivity index (χ0v) is 15.0. The molecule has 0 spiro atoms. The van der Waals surface area contributed by atoms with Crippen LogP contribution >= 0.6 is 0 Å². The van der Waals surface area contributed by atoms with E-state index in [-0.39, 0.29) is 6.61 Å². The van der Waals surface area contributed by atoms with Gasteiger partial charge in [0.1, 0.15) is 24.9 Å². The van der Waals surface area contributed by atoms with Gasteiger partial charge in [-0.15, -0.1) is 0 Å². The number of esters is 2. The largest absolute Gasteiger partial charge is 0.462 e. The van der Waals surface area contributed by atoms with Crippen molar-refractivity contribution in [1.29, 1.82) is 0 Å². The van der Waals surface area contributed by atoms with Crippen LogP contribution in [0.2, 0.25) is 0 Å². The Labute approximate surface area is 141 Å². The van der Waals surface area contributed by atoms with Crippen LogP contribution in [-0.2, 0) is 23.8 Å². The van der Waals surface area contributed by atoms with Crippen LogP contribution in [0.5, 0.6) is 0 Å². The lowest BCUT2D eigenvalue weighted by Gasteiger charge is -2.40. The predicted molar refractivity (Wildman–Crippen MR) is 82.6 cm³/mol. The van der Waals surface area contributed by atoms with Crippen LogP contribution in [0.15, 0.2) is 0 Å². The van der Waals surface area contributed by atoms with Gasteiger partial charge in [-0.1, -0.05) is 0 Å². The molecule has 1 fully saturated rings. The fourth-order valence-corrected chi connectivity index (χ4v) is 1.87. The second-order valence-electron chi connectivity index (χ2n) is 8.01. The van der Waals surface area contributed by atoms with E-state index >= 15 is 0 Å². The predicted octanol–water partition coefficient (Wildman–Crippen LogP) is -0.0274. The first-order chi connectivity index (χ1) is 10.7. The Kier molecular flexibility index (Phi) is 6.37. The first-order valence-corrected chi connectivity index (χ1v) is 7.83. The van der Waals surface area contributed by atoms with E-state index in [0.29, 0.717) is 0 Å². The number of aliphatic hydroxyl groups is 3. The monoisotopic (exact) mass is 348 g/mol. The van der Waals surface area contributed by atoms with Crippen molar-refractivity contribution in [2.75, 3.05) is 6.61 Å². The third-order valence-corrected chi connectivity index (χ3v) is 3.51. The fraction of sp³-hybridized carbons (Fsp3) is 0.875. The molecule has 0 amide bonds. The standard InChI is InChI=1S/C16H28O8/c1-15(2,3)13(20)22-7-8-9(17)11(10(18)12(19)23-8)24-14(21)16(4,5)6/h8-12,17-19H,7H2,1-6H3/t8-,9-,10+,11+,12-/m1/s1. The highest BCUT2D eigenvalue weighted by atomic mass is 16.7. The minimum atomic E-state index is -1.68. The van der Waals surface area contributed by atoms with Crippen molar-refractivity contribution in [3.63, 3.8) is 0 Å². The van der Waals surface area contributed by atoms with Crippen LogP contribution in [0.3, 0.4) is 0 Å². The second kappa shape index (κ2) is 7.35. The zero-order valence-electron chi connectivity index (χ0n) is 15.0. The van der Waals surface area contributed by atoms with E-state index in [0.717, 1.165) is 0 Å². The van der Waals surface area contributed by atoms with Crippen LogP contribution in [0.4, 0.5) is 0 Å². The average molecular weight is 348 g/mol. The molecule has 3 N–H and O–H groups in total. The Bertz CT molecular complexity index is 462. The molecule has 0 bridgehead atoms. The fourth-order valence-electron chi connectivity index (χ4n) is 1.87. The topological polar surface area (TPSA) is 123 Å². The third kappa shape index (κ3) is 5.14. The lowest BCUT2D eigenvalue weighted by Crippen LogP contribution is -2.60. The van der Waals surface area contributed by atoms with Gasteiger partial charge in [0.25, 0.3) is 0 Å². The Morgan fingerprint density at radius 1 is 0.917 bits per heavy atom. The molecule has 8 heteroatoms. The number of aliphatic hydroxyl groups excluding tert-OH is 3. The van der Waals surface area contributed by atoms with Crippen LogP contribution in [-0.4, -0.2) is 64.6 Å².